The van der Waals surface area contributed by atoms with Crippen molar-refractivity contribution < 1.29 is 18.8 Å². The number of hydrogen-bond donors (Lipinski definition) is 1. The Balaban J connectivity index is 2.08. The maximum atomic E-state index is 12.5. The summed E-state index contributed by atoms with van der Waals surface area (Å²) in [7, 11) is 1.19. The Hall–Kier alpha value is -2.54. The summed E-state index contributed by atoms with van der Waals surface area (Å²) in [5, 5.41) is 7.07. The van der Waals surface area contributed by atoms with E-state index < -0.39 is 11.9 Å². The van der Waals surface area contributed by atoms with Crippen molar-refractivity contribution in [2.45, 2.75) is 0 Å². The van der Waals surface area contributed by atoms with Crippen molar-refractivity contribution >= 4 is 52.6 Å². The van der Waals surface area contributed by atoms with Gasteiger partial charge >= 0.3 is 5.97 Å². The van der Waals surface area contributed by atoms with E-state index in [9.17, 15) is 9.59 Å². The van der Waals surface area contributed by atoms with E-state index in [1.54, 1.807) is 36.4 Å². The number of nitrogens with one attached hydrogen (secondary N) is 1. The number of amides is 1. The third-order valence-electron chi connectivity index (χ3n) is 3.63. The van der Waals surface area contributed by atoms with E-state index in [1.807, 2.05) is 0 Å². The minimum atomic E-state index is -0.781. The molecule has 3 rings (SSSR count). The number of halogens is 3. The van der Waals surface area contributed by atoms with Gasteiger partial charge in [0.05, 0.1) is 27.7 Å². The average molecular weight is 426 g/mol. The Morgan fingerprint density at radius 1 is 1.00 bits per heavy atom. The maximum Gasteiger partial charge on any atom is 0.345 e. The van der Waals surface area contributed by atoms with Gasteiger partial charge < -0.3 is 9.26 Å². The molecule has 1 N–H and O–H groups in total. The first-order chi connectivity index (χ1) is 12.9. The van der Waals surface area contributed by atoms with Crippen LogP contribution in [-0.2, 0) is 4.74 Å². The van der Waals surface area contributed by atoms with Gasteiger partial charge in [-0.25, -0.2) is 4.79 Å². The minimum absolute atomic E-state index is 0.0481. The number of hydrogen-bond acceptors (Lipinski definition) is 5. The fourth-order valence-corrected chi connectivity index (χ4v) is 3.18. The molecular weight excluding hydrogens is 415 g/mol. The summed E-state index contributed by atoms with van der Waals surface area (Å²) < 4.78 is 9.96. The highest BCUT2D eigenvalue weighted by Crippen LogP contribution is 2.38. The normalized spacial score (nSPS) is 10.5. The van der Waals surface area contributed by atoms with Crippen LogP contribution in [-0.4, -0.2) is 24.1 Å². The van der Waals surface area contributed by atoms with Crippen LogP contribution in [0.5, 0.6) is 0 Å². The maximum absolute atomic E-state index is 12.5. The van der Waals surface area contributed by atoms with E-state index in [2.05, 4.69) is 10.5 Å². The first-order valence-corrected chi connectivity index (χ1v) is 8.65. The second-order valence-electron chi connectivity index (χ2n) is 5.26. The number of ether oxygens (including phenoxy) is 1. The summed E-state index contributed by atoms with van der Waals surface area (Å²) in [6.45, 7) is 0. The quantitative estimate of drug-likeness (QED) is 0.571. The lowest BCUT2D eigenvalue weighted by atomic mass is 10.1. The molecule has 1 aromatic heterocycles. The van der Waals surface area contributed by atoms with Crippen LogP contribution in [0.4, 0.5) is 5.88 Å². The molecule has 1 heterocycles. The topological polar surface area (TPSA) is 81.4 Å². The highest BCUT2D eigenvalue weighted by molar-refractivity contribution is 6.39. The molecule has 0 fully saturated rings. The van der Waals surface area contributed by atoms with Crippen molar-refractivity contribution in [2.75, 3.05) is 12.4 Å². The second kappa shape index (κ2) is 8.00. The van der Waals surface area contributed by atoms with Gasteiger partial charge in [-0.2, -0.15) is 0 Å². The molecule has 2 aromatic carbocycles. The number of nitrogens with zero attached hydrogens (tertiary/aromatic N) is 1. The minimum Gasteiger partial charge on any atom is -0.465 e. The SMILES string of the molecule is COC(=O)c1c(-c2c(Cl)cccc2Cl)noc1NC(=O)c1ccccc1Cl. The number of carbonyl (C=O) groups is 2. The third-order valence-corrected chi connectivity index (χ3v) is 4.59. The van der Waals surface area contributed by atoms with Crippen molar-refractivity contribution in [2.24, 2.45) is 0 Å². The van der Waals surface area contributed by atoms with Crippen LogP contribution in [0, 0.1) is 0 Å². The van der Waals surface area contributed by atoms with Crippen LogP contribution < -0.4 is 5.32 Å². The average Bonchev–Trinajstić information content (AvgIpc) is 3.04. The number of carbonyl (C=O) groups excluding carboxylic acids is 2. The van der Waals surface area contributed by atoms with Crippen molar-refractivity contribution in [1.82, 2.24) is 5.16 Å². The Morgan fingerprint density at radius 2 is 1.63 bits per heavy atom. The zero-order chi connectivity index (χ0) is 19.6. The van der Waals surface area contributed by atoms with Gasteiger partial charge in [0, 0.05) is 5.56 Å². The molecule has 1 amide bonds. The van der Waals surface area contributed by atoms with Gasteiger partial charge in [0.2, 0.25) is 5.88 Å². The molecule has 0 aliphatic rings. The fourth-order valence-electron chi connectivity index (χ4n) is 2.38. The molecule has 0 radical (unpaired) electrons. The van der Waals surface area contributed by atoms with Gasteiger partial charge in [-0.1, -0.05) is 58.2 Å². The molecule has 0 spiro atoms. The van der Waals surface area contributed by atoms with E-state index >= 15 is 0 Å². The van der Waals surface area contributed by atoms with Crippen LogP contribution in [0.1, 0.15) is 20.7 Å². The zero-order valence-electron chi connectivity index (χ0n) is 13.8. The smallest absolute Gasteiger partial charge is 0.345 e. The molecule has 0 bridgehead atoms. The summed E-state index contributed by atoms with van der Waals surface area (Å²) in [6, 6.07) is 11.2. The molecule has 0 unspecified atom stereocenters. The lowest BCUT2D eigenvalue weighted by Crippen LogP contribution is -2.15. The van der Waals surface area contributed by atoms with Crippen molar-refractivity contribution in [3.8, 4) is 11.3 Å². The van der Waals surface area contributed by atoms with Crippen molar-refractivity contribution in [3.05, 3.63) is 68.7 Å². The predicted octanol–water partition coefficient (Wildman–Crippen LogP) is 5.34. The van der Waals surface area contributed by atoms with E-state index in [1.165, 1.54) is 13.2 Å². The molecule has 0 saturated heterocycles. The Bertz CT molecular complexity index is 1010. The number of esters is 1. The Labute approximate surface area is 169 Å². The van der Waals surface area contributed by atoms with Gasteiger partial charge in [0.1, 0.15) is 5.69 Å². The largest absolute Gasteiger partial charge is 0.465 e. The molecule has 138 valence electrons. The summed E-state index contributed by atoms with van der Waals surface area (Å²) >= 11 is 18.4. The van der Waals surface area contributed by atoms with Crippen LogP contribution in [0.25, 0.3) is 11.3 Å². The van der Waals surface area contributed by atoms with Gasteiger partial charge in [-0.05, 0) is 24.3 Å². The molecule has 0 aliphatic carbocycles. The van der Waals surface area contributed by atoms with E-state index in [-0.39, 0.29) is 43.3 Å². The van der Waals surface area contributed by atoms with E-state index in [4.69, 9.17) is 44.1 Å². The highest BCUT2D eigenvalue weighted by Gasteiger charge is 2.29. The first kappa shape index (κ1) is 19.2. The molecule has 0 saturated carbocycles. The monoisotopic (exact) mass is 424 g/mol. The summed E-state index contributed by atoms with van der Waals surface area (Å²) in [4.78, 5) is 24.8. The number of anilines is 1. The molecule has 27 heavy (non-hydrogen) atoms. The molecule has 3 aromatic rings. The standard InChI is InChI=1S/C18H11Cl3N2O4/c1-26-18(25)14-15(13-11(20)7-4-8-12(13)21)23-27-17(14)22-16(24)9-5-2-3-6-10(9)19/h2-8H,1H3,(H,22,24). The summed E-state index contributed by atoms with van der Waals surface area (Å²) in [5.74, 6) is -1.58. The van der Waals surface area contributed by atoms with E-state index in [0.717, 1.165) is 0 Å². The van der Waals surface area contributed by atoms with Gasteiger partial charge in [-0.15, -0.1) is 0 Å². The third kappa shape index (κ3) is 3.78. The lowest BCUT2D eigenvalue weighted by Gasteiger charge is -2.07. The second-order valence-corrected chi connectivity index (χ2v) is 6.48. The van der Waals surface area contributed by atoms with Gasteiger partial charge in [0.15, 0.2) is 5.56 Å². The van der Waals surface area contributed by atoms with Crippen molar-refractivity contribution in [3.63, 3.8) is 0 Å². The molecule has 9 heteroatoms. The number of aromatic nitrogens is 1. The lowest BCUT2D eigenvalue weighted by molar-refractivity contribution is 0.0602. The van der Waals surface area contributed by atoms with Crippen LogP contribution in [0.15, 0.2) is 47.0 Å². The van der Waals surface area contributed by atoms with E-state index in [0.29, 0.717) is 0 Å². The summed E-state index contributed by atoms with van der Waals surface area (Å²) in [5.41, 5.74) is 0.409. The van der Waals surface area contributed by atoms with Crippen LogP contribution >= 0.6 is 34.8 Å². The first-order valence-electron chi connectivity index (χ1n) is 7.52. The van der Waals surface area contributed by atoms with Gasteiger partial charge in [-0.3, -0.25) is 10.1 Å². The molecule has 0 aliphatic heterocycles. The number of rotatable bonds is 4. The molecular formula is C18H11Cl3N2O4. The van der Waals surface area contributed by atoms with Crippen LogP contribution in [0.2, 0.25) is 15.1 Å². The number of methoxy groups -OCH3 is 1. The Kier molecular flexibility index (Phi) is 5.70. The Morgan fingerprint density at radius 3 is 2.26 bits per heavy atom. The highest BCUT2D eigenvalue weighted by atomic mass is 35.5. The fraction of sp³-hybridized carbons (Fsp3) is 0.0556. The predicted molar refractivity (Wildman–Crippen MR) is 103 cm³/mol. The summed E-state index contributed by atoms with van der Waals surface area (Å²) in [6.07, 6.45) is 0. The molecule has 6 nitrogen and oxygen atoms in total. The molecule has 0 atom stereocenters. The van der Waals surface area contributed by atoms with Gasteiger partial charge in [0.25, 0.3) is 5.91 Å². The van der Waals surface area contributed by atoms with Crippen molar-refractivity contribution in [1.29, 1.82) is 0 Å². The zero-order valence-corrected chi connectivity index (χ0v) is 16.0. The van der Waals surface area contributed by atoms with Crippen LogP contribution in [0.3, 0.4) is 0 Å². The number of benzene rings is 2.